The Kier molecular flexibility index (Phi) is 4.76. The third-order valence-corrected chi connectivity index (χ3v) is 6.20. The lowest BCUT2D eigenvalue weighted by Crippen LogP contribution is -2.17. The smallest absolute Gasteiger partial charge is 0.252 e. The molecule has 0 aliphatic heterocycles. The van der Waals surface area contributed by atoms with Crippen molar-refractivity contribution in [1.82, 2.24) is 19.3 Å². The van der Waals surface area contributed by atoms with Gasteiger partial charge in [-0.25, -0.2) is 4.98 Å². The van der Waals surface area contributed by atoms with Crippen molar-refractivity contribution in [2.24, 2.45) is 0 Å². The summed E-state index contributed by atoms with van der Waals surface area (Å²) >= 11 is 8.55. The molecule has 1 amide bonds. The number of nitrogens with zero attached hydrogens (tertiary/aromatic N) is 3. The predicted molar refractivity (Wildman–Crippen MR) is 116 cm³/mol. The maximum atomic E-state index is 12.0. The van der Waals surface area contributed by atoms with Crippen molar-refractivity contribution in [3.05, 3.63) is 59.5 Å². The Balaban J connectivity index is 1.98. The fourth-order valence-electron chi connectivity index (χ4n) is 2.91. The summed E-state index contributed by atoms with van der Waals surface area (Å²) in [6, 6.07) is 9.63. The van der Waals surface area contributed by atoms with E-state index >= 15 is 0 Å². The van der Waals surface area contributed by atoms with E-state index in [4.69, 9.17) is 11.6 Å². The van der Waals surface area contributed by atoms with E-state index in [2.05, 4.69) is 36.5 Å². The number of benzene rings is 1. The summed E-state index contributed by atoms with van der Waals surface area (Å²) in [6.07, 6.45) is 5.31. The Labute approximate surface area is 170 Å². The van der Waals surface area contributed by atoms with Crippen LogP contribution in [0, 0.1) is 0 Å². The number of aromatic nitrogens is 3. The van der Waals surface area contributed by atoms with E-state index < -0.39 is 0 Å². The van der Waals surface area contributed by atoms with Crippen LogP contribution in [0.2, 0.25) is 5.02 Å². The average Bonchev–Trinajstić information content (AvgIpc) is 3.05. The minimum Gasteiger partial charge on any atom is -0.355 e. The SMILES string of the molecule is CNC(=O)c1cnc2c(c1)c(-c1ccc3nccc(Cl)c3c1)cn2SI. The molecule has 0 saturated heterocycles. The van der Waals surface area contributed by atoms with Crippen LogP contribution in [0.1, 0.15) is 10.4 Å². The third-order valence-electron chi connectivity index (χ3n) is 4.17. The molecular formula is C18H12ClIN4OS. The van der Waals surface area contributed by atoms with Crippen molar-refractivity contribution in [3.63, 3.8) is 0 Å². The molecule has 0 fully saturated rings. The van der Waals surface area contributed by atoms with Crippen LogP contribution in [0.4, 0.5) is 0 Å². The molecule has 5 nitrogen and oxygen atoms in total. The first-order chi connectivity index (χ1) is 12.6. The Morgan fingerprint density at radius 2 is 2.08 bits per heavy atom. The van der Waals surface area contributed by atoms with Gasteiger partial charge in [0.1, 0.15) is 0 Å². The highest BCUT2D eigenvalue weighted by Gasteiger charge is 2.15. The molecule has 130 valence electrons. The summed E-state index contributed by atoms with van der Waals surface area (Å²) in [5, 5.41) is 5.11. The van der Waals surface area contributed by atoms with Crippen molar-refractivity contribution < 1.29 is 4.79 Å². The first-order valence-corrected chi connectivity index (χ1v) is 11.4. The zero-order valence-corrected chi connectivity index (χ0v) is 17.3. The van der Waals surface area contributed by atoms with Gasteiger partial charge >= 0.3 is 0 Å². The lowest BCUT2D eigenvalue weighted by molar-refractivity contribution is 0.0963. The molecule has 0 bridgehead atoms. The summed E-state index contributed by atoms with van der Waals surface area (Å²) in [6.45, 7) is 0. The van der Waals surface area contributed by atoms with Gasteiger partial charge in [-0.2, -0.15) is 0 Å². The number of hydrogen-bond donors (Lipinski definition) is 1. The van der Waals surface area contributed by atoms with Gasteiger partial charge in [0.2, 0.25) is 0 Å². The number of carbonyl (C=O) groups excluding carboxylic acids is 1. The zero-order valence-electron chi connectivity index (χ0n) is 13.5. The van der Waals surface area contributed by atoms with Gasteiger partial charge in [-0.05, 0) is 29.8 Å². The number of fused-ring (bicyclic) bond motifs is 2. The maximum absolute atomic E-state index is 12.0. The molecule has 0 saturated carbocycles. The van der Waals surface area contributed by atoms with Gasteiger partial charge in [-0.15, -0.1) is 0 Å². The van der Waals surface area contributed by atoms with Gasteiger partial charge in [0, 0.05) is 72.3 Å². The second kappa shape index (κ2) is 7.05. The van der Waals surface area contributed by atoms with Crippen LogP contribution in [-0.2, 0) is 0 Å². The number of nitrogens with one attached hydrogen (secondary N) is 1. The van der Waals surface area contributed by atoms with Crippen LogP contribution in [0.3, 0.4) is 0 Å². The van der Waals surface area contributed by atoms with Crippen molar-refractivity contribution in [2.75, 3.05) is 7.05 Å². The summed E-state index contributed by atoms with van der Waals surface area (Å²) in [4.78, 5) is 20.8. The quantitative estimate of drug-likeness (QED) is 0.402. The first-order valence-electron chi connectivity index (χ1n) is 7.69. The Morgan fingerprint density at radius 1 is 1.23 bits per heavy atom. The average molecular weight is 495 g/mol. The van der Waals surface area contributed by atoms with Crippen molar-refractivity contribution in [3.8, 4) is 11.1 Å². The minimum absolute atomic E-state index is 0.161. The van der Waals surface area contributed by atoms with Crippen LogP contribution < -0.4 is 5.32 Å². The lowest BCUT2D eigenvalue weighted by Gasteiger charge is -2.05. The van der Waals surface area contributed by atoms with E-state index in [1.807, 2.05) is 34.4 Å². The van der Waals surface area contributed by atoms with Gasteiger partial charge in [0.05, 0.1) is 16.1 Å². The van der Waals surface area contributed by atoms with E-state index in [0.717, 1.165) is 33.1 Å². The molecule has 8 heteroatoms. The largest absolute Gasteiger partial charge is 0.355 e. The van der Waals surface area contributed by atoms with E-state index in [0.29, 0.717) is 10.6 Å². The fraction of sp³-hybridized carbons (Fsp3) is 0.0556. The van der Waals surface area contributed by atoms with E-state index in [1.54, 1.807) is 25.5 Å². The molecule has 26 heavy (non-hydrogen) atoms. The first kappa shape index (κ1) is 17.6. The molecule has 0 aliphatic carbocycles. The predicted octanol–water partition coefficient (Wildman–Crippen LogP) is 5.11. The summed E-state index contributed by atoms with van der Waals surface area (Å²) in [5.74, 6) is -0.161. The number of carbonyl (C=O) groups is 1. The second-order valence-corrected chi connectivity index (χ2v) is 7.76. The number of pyridine rings is 2. The van der Waals surface area contributed by atoms with Crippen LogP contribution in [-0.4, -0.2) is 26.9 Å². The zero-order chi connectivity index (χ0) is 18.3. The highest BCUT2D eigenvalue weighted by Crippen LogP contribution is 2.36. The lowest BCUT2D eigenvalue weighted by atomic mass is 10.0. The highest BCUT2D eigenvalue weighted by molar-refractivity contribution is 14.2. The summed E-state index contributed by atoms with van der Waals surface area (Å²) < 4.78 is 1.98. The van der Waals surface area contributed by atoms with Crippen LogP contribution in [0.15, 0.2) is 48.9 Å². The Bertz CT molecular complexity index is 1160. The van der Waals surface area contributed by atoms with Crippen LogP contribution in [0.25, 0.3) is 33.1 Å². The Hall–Kier alpha value is -1.84. The van der Waals surface area contributed by atoms with Crippen molar-refractivity contribution in [2.45, 2.75) is 0 Å². The van der Waals surface area contributed by atoms with E-state index in [9.17, 15) is 4.79 Å². The molecule has 4 rings (SSSR count). The topological polar surface area (TPSA) is 59.8 Å². The summed E-state index contributed by atoms with van der Waals surface area (Å²) in [7, 11) is 3.13. The molecule has 1 N–H and O–H groups in total. The monoisotopic (exact) mass is 494 g/mol. The molecule has 0 radical (unpaired) electrons. The van der Waals surface area contributed by atoms with Gasteiger partial charge in [-0.3, -0.25) is 13.8 Å². The second-order valence-electron chi connectivity index (χ2n) is 5.64. The van der Waals surface area contributed by atoms with Gasteiger partial charge in [0.25, 0.3) is 5.91 Å². The van der Waals surface area contributed by atoms with Gasteiger partial charge < -0.3 is 5.32 Å². The molecule has 0 spiro atoms. The van der Waals surface area contributed by atoms with Gasteiger partial charge in [0.15, 0.2) is 5.65 Å². The molecule has 4 aromatic rings. The molecule has 3 heterocycles. The van der Waals surface area contributed by atoms with Gasteiger partial charge in [-0.1, -0.05) is 17.7 Å². The standard InChI is InChI=1S/C18H12ClIN4OS/c1-21-18(25)11-7-12-14(9-24(26-20)17(12)23-8-11)10-2-3-16-13(6-10)15(19)4-5-22-16/h2-9H,1H3,(H,21,25). The van der Waals surface area contributed by atoms with Crippen LogP contribution in [0.5, 0.6) is 0 Å². The van der Waals surface area contributed by atoms with Crippen LogP contribution >= 0.6 is 41.9 Å². The Morgan fingerprint density at radius 3 is 2.85 bits per heavy atom. The summed E-state index contributed by atoms with van der Waals surface area (Å²) in [5.41, 5.74) is 4.17. The number of hydrogen-bond acceptors (Lipinski definition) is 4. The van der Waals surface area contributed by atoms with E-state index in [1.165, 1.54) is 9.12 Å². The molecule has 3 aromatic heterocycles. The van der Waals surface area contributed by atoms with E-state index in [-0.39, 0.29) is 5.91 Å². The number of rotatable bonds is 3. The normalized spacial score (nSPS) is 11.2. The number of halogens is 2. The molecule has 1 aromatic carbocycles. The maximum Gasteiger partial charge on any atom is 0.252 e. The van der Waals surface area contributed by atoms with Crippen molar-refractivity contribution in [1.29, 1.82) is 0 Å². The fourth-order valence-corrected chi connectivity index (χ4v) is 4.38. The molecule has 0 unspecified atom stereocenters. The third kappa shape index (κ3) is 2.93. The van der Waals surface area contributed by atoms with Crippen molar-refractivity contribution >= 4 is 69.8 Å². The molecule has 0 aliphatic rings. The molecular weight excluding hydrogens is 483 g/mol. The highest BCUT2D eigenvalue weighted by atomic mass is 127. The minimum atomic E-state index is -0.161. The number of amides is 1. The molecule has 0 atom stereocenters.